The van der Waals surface area contributed by atoms with E-state index in [9.17, 15) is 0 Å². The molecule has 0 atom stereocenters. The molecule has 0 unspecified atom stereocenters. The van der Waals surface area contributed by atoms with Gasteiger partial charge in [-0.3, -0.25) is 9.13 Å². The van der Waals surface area contributed by atoms with Crippen LogP contribution < -0.4 is 9.80 Å². The maximum Gasteiger partial charge on any atom is 0.145 e. The highest BCUT2D eigenvalue weighted by Crippen LogP contribution is 2.43. The van der Waals surface area contributed by atoms with Gasteiger partial charge in [0.25, 0.3) is 0 Å². The van der Waals surface area contributed by atoms with E-state index in [2.05, 4.69) is 310 Å². The van der Waals surface area contributed by atoms with E-state index in [0.717, 1.165) is 101 Å². The van der Waals surface area contributed by atoms with Crippen LogP contribution >= 0.6 is 0 Å². The van der Waals surface area contributed by atoms with E-state index in [1.807, 2.05) is 24.5 Å². The minimum Gasteiger partial charge on any atom is -0.311 e. The van der Waals surface area contributed by atoms with Crippen molar-refractivity contribution in [3.63, 3.8) is 0 Å². The summed E-state index contributed by atoms with van der Waals surface area (Å²) in [5.74, 6) is 0. The summed E-state index contributed by atoms with van der Waals surface area (Å²) in [6.45, 7) is 0. The predicted octanol–water partition coefficient (Wildman–Crippen LogP) is 20.3. The van der Waals surface area contributed by atoms with Gasteiger partial charge in [0.2, 0.25) is 0 Å². The van der Waals surface area contributed by atoms with E-state index in [0.29, 0.717) is 0 Å². The summed E-state index contributed by atoms with van der Waals surface area (Å²) in [4.78, 5) is 14.4. The number of hydrogen-bond acceptors (Lipinski definition) is 4. The Balaban J connectivity index is 0.795. The van der Waals surface area contributed by atoms with E-state index in [-0.39, 0.29) is 0 Å². The number of nitrogens with zero attached hydrogens (tertiary/aromatic N) is 6. The lowest BCUT2D eigenvalue weighted by Gasteiger charge is -2.29. The van der Waals surface area contributed by atoms with Gasteiger partial charge in [-0.1, -0.05) is 158 Å². The topological polar surface area (TPSA) is 42.1 Å². The van der Waals surface area contributed by atoms with Crippen molar-refractivity contribution in [2.45, 2.75) is 0 Å². The molecule has 15 aromatic rings. The number of rotatable bonds is 12. The number of fused-ring (bicyclic) bond motifs is 6. The zero-order valence-corrected chi connectivity index (χ0v) is 44.7. The van der Waals surface area contributed by atoms with Crippen molar-refractivity contribution in [1.29, 1.82) is 0 Å². The average molecular weight is 1050 g/mol. The van der Waals surface area contributed by atoms with Crippen LogP contribution in [0.1, 0.15) is 0 Å². The number of hydrogen-bond donors (Lipinski definition) is 0. The zero-order chi connectivity index (χ0) is 54.3. The van der Waals surface area contributed by atoms with Crippen LogP contribution in [0.5, 0.6) is 0 Å². The standard InChI is InChI=1S/C76H52N6/c1-5-15-53(16-6-1)55-25-35-63(36-26-55)79(65-39-29-57(30-40-65)59-33-47-73-71(51-59)69-23-13-49-77-75(69)81(73)61-19-9-3-10-20-61)67-43-45-68(46-44-67)80(64-37-27-56(28-38-64)54-17-7-2-8-18-54)66-41-31-58(32-42-66)60-34-48-74-72(52-60)70-24-14-50-78-76(70)82(74)62-21-11-4-12-22-62/h1-52H. The van der Waals surface area contributed by atoms with Crippen molar-refractivity contribution < 1.29 is 0 Å². The summed E-state index contributed by atoms with van der Waals surface area (Å²) in [5, 5.41) is 4.60. The molecule has 0 saturated heterocycles. The zero-order valence-electron chi connectivity index (χ0n) is 44.7. The summed E-state index contributed by atoms with van der Waals surface area (Å²) in [6, 6.07) is 109. The maximum atomic E-state index is 4.86. The molecule has 0 bridgehead atoms. The number of benzene rings is 11. The first-order valence-corrected chi connectivity index (χ1v) is 27.8. The highest BCUT2D eigenvalue weighted by molar-refractivity contribution is 6.10. The lowest BCUT2D eigenvalue weighted by atomic mass is 10.0. The van der Waals surface area contributed by atoms with E-state index >= 15 is 0 Å². The second kappa shape index (κ2) is 20.6. The average Bonchev–Trinajstić information content (AvgIpc) is 4.24. The number of para-hydroxylation sites is 2. The smallest absolute Gasteiger partial charge is 0.145 e. The lowest BCUT2D eigenvalue weighted by Crippen LogP contribution is -2.12. The second-order valence-electron chi connectivity index (χ2n) is 20.7. The minimum absolute atomic E-state index is 0.949. The van der Waals surface area contributed by atoms with Gasteiger partial charge in [0.05, 0.1) is 11.0 Å². The third kappa shape index (κ3) is 8.72. The van der Waals surface area contributed by atoms with Gasteiger partial charge in [-0.15, -0.1) is 0 Å². The van der Waals surface area contributed by atoms with E-state index in [4.69, 9.17) is 9.97 Å². The van der Waals surface area contributed by atoms with Crippen molar-refractivity contribution >= 4 is 78.0 Å². The van der Waals surface area contributed by atoms with Gasteiger partial charge in [0.15, 0.2) is 0 Å². The van der Waals surface area contributed by atoms with Crippen LogP contribution in [0.2, 0.25) is 0 Å². The maximum absolute atomic E-state index is 4.86. The number of pyridine rings is 2. The summed E-state index contributed by atoms with van der Waals surface area (Å²) in [7, 11) is 0. The first-order valence-electron chi connectivity index (χ1n) is 27.8. The minimum atomic E-state index is 0.949. The van der Waals surface area contributed by atoms with Gasteiger partial charge < -0.3 is 9.80 Å². The van der Waals surface area contributed by atoms with E-state index in [1.165, 1.54) is 33.0 Å². The molecule has 11 aromatic carbocycles. The van der Waals surface area contributed by atoms with Crippen LogP contribution in [0.4, 0.5) is 34.1 Å². The van der Waals surface area contributed by atoms with Crippen LogP contribution in [0.15, 0.2) is 316 Å². The molecule has 0 aliphatic carbocycles. The number of aromatic nitrogens is 4. The van der Waals surface area contributed by atoms with Crippen LogP contribution in [-0.4, -0.2) is 19.1 Å². The molecule has 0 N–H and O–H groups in total. The van der Waals surface area contributed by atoms with Gasteiger partial charge in [0, 0.05) is 79.4 Å². The fourth-order valence-electron chi connectivity index (χ4n) is 11.8. The Kier molecular flexibility index (Phi) is 12.1. The van der Waals surface area contributed by atoms with Crippen molar-refractivity contribution in [1.82, 2.24) is 19.1 Å². The molecule has 0 spiro atoms. The van der Waals surface area contributed by atoms with Gasteiger partial charge in [0.1, 0.15) is 11.3 Å². The molecule has 0 fully saturated rings. The summed E-state index contributed by atoms with van der Waals surface area (Å²) in [6.07, 6.45) is 3.75. The SMILES string of the molecule is c1ccc(-c2ccc(N(c3ccc(-c4ccc5c(c4)c4cccnc4n5-c4ccccc4)cc3)c3ccc(N(c4ccc(-c5ccccc5)cc4)c4ccc(-c5ccc6c(c5)c5cccnc5n6-c5ccccc5)cc4)cc3)cc2)cc1. The molecular formula is C76H52N6. The first-order chi connectivity index (χ1) is 40.7. The molecule has 6 nitrogen and oxygen atoms in total. The van der Waals surface area contributed by atoms with E-state index < -0.39 is 0 Å². The fraction of sp³-hybridized carbons (Fsp3) is 0. The highest BCUT2D eigenvalue weighted by Gasteiger charge is 2.20. The van der Waals surface area contributed by atoms with E-state index in [1.54, 1.807) is 0 Å². The summed E-state index contributed by atoms with van der Waals surface area (Å²) < 4.78 is 4.52. The van der Waals surface area contributed by atoms with Crippen LogP contribution in [0, 0.1) is 0 Å². The van der Waals surface area contributed by atoms with Gasteiger partial charge in [-0.25, -0.2) is 9.97 Å². The molecule has 15 rings (SSSR count). The van der Waals surface area contributed by atoms with Gasteiger partial charge in [-0.05, 0) is 190 Å². The molecule has 4 heterocycles. The highest BCUT2D eigenvalue weighted by atomic mass is 15.2. The van der Waals surface area contributed by atoms with Crippen LogP contribution in [0.25, 0.3) is 99.8 Å². The quantitative estimate of drug-likeness (QED) is 0.122. The molecule has 386 valence electrons. The molecule has 0 radical (unpaired) electrons. The van der Waals surface area contributed by atoms with Crippen LogP contribution in [0.3, 0.4) is 0 Å². The molecular weight excluding hydrogens is 997 g/mol. The molecule has 0 aliphatic rings. The molecule has 82 heavy (non-hydrogen) atoms. The third-order valence-corrected chi connectivity index (χ3v) is 15.8. The predicted molar refractivity (Wildman–Crippen MR) is 342 cm³/mol. The monoisotopic (exact) mass is 1050 g/mol. The van der Waals surface area contributed by atoms with Gasteiger partial charge in [-0.2, -0.15) is 0 Å². The Hall–Kier alpha value is -11.1. The van der Waals surface area contributed by atoms with Crippen molar-refractivity contribution in [3.8, 4) is 55.9 Å². The van der Waals surface area contributed by atoms with Gasteiger partial charge >= 0.3 is 0 Å². The van der Waals surface area contributed by atoms with Crippen molar-refractivity contribution in [3.05, 3.63) is 316 Å². The molecule has 0 aliphatic heterocycles. The van der Waals surface area contributed by atoms with Crippen molar-refractivity contribution in [2.24, 2.45) is 0 Å². The normalized spacial score (nSPS) is 11.4. The third-order valence-electron chi connectivity index (χ3n) is 15.8. The lowest BCUT2D eigenvalue weighted by molar-refractivity contribution is 1.14. The summed E-state index contributed by atoms with van der Waals surface area (Å²) >= 11 is 0. The Morgan fingerprint density at radius 1 is 0.220 bits per heavy atom. The Labute approximate surface area is 476 Å². The summed E-state index contributed by atoms with van der Waals surface area (Å²) in [5.41, 5.74) is 21.9. The molecule has 0 saturated carbocycles. The number of anilines is 6. The second-order valence-corrected chi connectivity index (χ2v) is 20.7. The Morgan fingerprint density at radius 3 is 0.817 bits per heavy atom. The molecule has 6 heteroatoms. The largest absolute Gasteiger partial charge is 0.311 e. The van der Waals surface area contributed by atoms with Crippen LogP contribution in [-0.2, 0) is 0 Å². The van der Waals surface area contributed by atoms with Crippen molar-refractivity contribution in [2.75, 3.05) is 9.80 Å². The Morgan fingerprint density at radius 2 is 0.488 bits per heavy atom. The molecule has 4 aromatic heterocycles. The first kappa shape index (κ1) is 48.1. The molecule has 0 amide bonds. The Bertz CT molecular complexity index is 4420. The fourth-order valence-corrected chi connectivity index (χ4v) is 11.8.